The minimum absolute atomic E-state index is 0.155. The molecule has 0 N–H and O–H groups in total. The molecule has 3 aliphatic rings. The van der Waals surface area contributed by atoms with Gasteiger partial charge in [0.2, 0.25) is 0 Å². The molecule has 8 heteroatoms. The number of imidazole rings is 1. The van der Waals surface area contributed by atoms with Gasteiger partial charge in [-0.05, 0) is 44.0 Å². The van der Waals surface area contributed by atoms with E-state index in [1.807, 2.05) is 50.2 Å². The third-order valence-corrected chi connectivity index (χ3v) is 7.07. The molecule has 3 aliphatic heterocycles. The minimum Gasteiger partial charge on any atom is -0.347 e. The first kappa shape index (κ1) is 22.6. The van der Waals surface area contributed by atoms with E-state index >= 15 is 0 Å². The van der Waals surface area contributed by atoms with Gasteiger partial charge in [0.25, 0.3) is 0 Å². The van der Waals surface area contributed by atoms with E-state index in [1.165, 1.54) is 0 Å². The molecule has 3 aromatic rings. The minimum atomic E-state index is -0.793. The van der Waals surface area contributed by atoms with Crippen LogP contribution in [-0.2, 0) is 14.2 Å². The first-order chi connectivity index (χ1) is 17.5. The Bertz CT molecular complexity index is 1280. The molecule has 0 bridgehead atoms. The molecule has 6 rings (SSSR count). The zero-order chi connectivity index (χ0) is 24.9. The Hall–Kier alpha value is -3.82. The van der Waals surface area contributed by atoms with Crippen LogP contribution in [0.3, 0.4) is 0 Å². The van der Waals surface area contributed by atoms with Crippen molar-refractivity contribution in [3.05, 3.63) is 78.4 Å². The Morgan fingerprint density at radius 1 is 0.917 bits per heavy atom. The molecule has 0 aliphatic carbocycles. The van der Waals surface area contributed by atoms with Gasteiger partial charge in [0.15, 0.2) is 17.7 Å². The van der Waals surface area contributed by atoms with E-state index in [0.29, 0.717) is 5.69 Å². The topological polar surface area (TPSA) is 75.8 Å². The standard InChI is InChI=1S/C28H27N5O3/c1-4-22-21(17-29)30-18-33(22)27-25-23(35-28(2,3)36-25)24(34-27)26-31(19-11-7-5-8-12-19)15-16-32(26)20-13-9-6-10-14-20/h1,5-14,18,23-27H,15-16H2,2-3H3/t23-,24+,25-,27-/m1/s1. The zero-order valence-corrected chi connectivity index (χ0v) is 20.2. The van der Waals surface area contributed by atoms with Crippen molar-refractivity contribution in [2.24, 2.45) is 0 Å². The lowest BCUT2D eigenvalue weighted by Gasteiger charge is -2.38. The summed E-state index contributed by atoms with van der Waals surface area (Å²) in [5.74, 6) is 1.81. The fourth-order valence-electron chi connectivity index (χ4n) is 5.66. The van der Waals surface area contributed by atoms with Crippen molar-refractivity contribution in [3.63, 3.8) is 0 Å². The number of ether oxygens (including phenoxy) is 3. The molecule has 3 fully saturated rings. The molecule has 0 radical (unpaired) electrons. The number of benzene rings is 2. The quantitative estimate of drug-likeness (QED) is 0.528. The highest BCUT2D eigenvalue weighted by Crippen LogP contribution is 2.47. The van der Waals surface area contributed by atoms with Gasteiger partial charge in [-0.3, -0.25) is 4.57 Å². The van der Waals surface area contributed by atoms with Crippen molar-refractivity contribution in [3.8, 4) is 18.4 Å². The summed E-state index contributed by atoms with van der Waals surface area (Å²) in [5, 5.41) is 9.49. The van der Waals surface area contributed by atoms with Crippen molar-refractivity contribution in [1.29, 1.82) is 5.26 Å². The van der Waals surface area contributed by atoms with Crippen molar-refractivity contribution in [1.82, 2.24) is 9.55 Å². The third-order valence-electron chi connectivity index (χ3n) is 7.07. The number of terminal acetylenes is 1. The second kappa shape index (κ2) is 8.69. The first-order valence-corrected chi connectivity index (χ1v) is 12.1. The summed E-state index contributed by atoms with van der Waals surface area (Å²) < 4.78 is 21.4. The number of nitriles is 1. The van der Waals surface area contributed by atoms with E-state index in [0.717, 1.165) is 24.5 Å². The molecule has 4 heterocycles. The SMILES string of the molecule is C#Cc1c(C#N)ncn1[C@@H]1O[C@H](C2N(c3ccccc3)CCN2c2ccccc2)[C@H]2OC(C)(C)O[C@H]21. The van der Waals surface area contributed by atoms with Crippen LogP contribution in [-0.4, -0.2) is 52.9 Å². The number of aromatic nitrogens is 2. The number of rotatable bonds is 4. The summed E-state index contributed by atoms with van der Waals surface area (Å²) in [4.78, 5) is 8.94. The maximum absolute atomic E-state index is 9.49. The van der Waals surface area contributed by atoms with Gasteiger partial charge < -0.3 is 24.0 Å². The molecule has 1 aromatic heterocycles. The van der Waals surface area contributed by atoms with Crippen LogP contribution in [0, 0.1) is 23.7 Å². The van der Waals surface area contributed by atoms with Gasteiger partial charge in [0.1, 0.15) is 36.2 Å². The average Bonchev–Trinajstić information content (AvgIpc) is 3.65. The summed E-state index contributed by atoms with van der Waals surface area (Å²) >= 11 is 0. The second-order valence-corrected chi connectivity index (χ2v) is 9.63. The van der Waals surface area contributed by atoms with Crippen LogP contribution in [0.5, 0.6) is 0 Å². The molecule has 0 saturated carbocycles. The maximum atomic E-state index is 9.49. The van der Waals surface area contributed by atoms with E-state index in [2.05, 4.69) is 51.0 Å². The fraction of sp³-hybridized carbons (Fsp3) is 0.357. The van der Waals surface area contributed by atoms with Crippen molar-refractivity contribution < 1.29 is 14.2 Å². The molecular formula is C28H27N5O3. The Morgan fingerprint density at radius 3 is 2.06 bits per heavy atom. The first-order valence-electron chi connectivity index (χ1n) is 12.1. The second-order valence-electron chi connectivity index (χ2n) is 9.63. The molecule has 2 aromatic carbocycles. The highest BCUT2D eigenvalue weighted by atomic mass is 16.8. The Morgan fingerprint density at radius 2 is 1.50 bits per heavy atom. The predicted molar refractivity (Wildman–Crippen MR) is 134 cm³/mol. The van der Waals surface area contributed by atoms with Crippen molar-refractivity contribution >= 4 is 11.4 Å². The van der Waals surface area contributed by atoms with Gasteiger partial charge in [0, 0.05) is 24.5 Å². The van der Waals surface area contributed by atoms with Gasteiger partial charge in [-0.25, -0.2) is 4.98 Å². The molecule has 0 amide bonds. The van der Waals surface area contributed by atoms with E-state index in [4.69, 9.17) is 20.6 Å². The molecule has 36 heavy (non-hydrogen) atoms. The van der Waals surface area contributed by atoms with Gasteiger partial charge in [-0.2, -0.15) is 5.26 Å². The molecule has 0 spiro atoms. The highest BCUT2D eigenvalue weighted by Gasteiger charge is 2.60. The van der Waals surface area contributed by atoms with Crippen LogP contribution < -0.4 is 9.80 Å². The highest BCUT2D eigenvalue weighted by molar-refractivity contribution is 5.57. The Labute approximate surface area is 210 Å². The maximum Gasteiger partial charge on any atom is 0.174 e. The number of hydrogen-bond donors (Lipinski definition) is 0. The summed E-state index contributed by atoms with van der Waals surface area (Å²) in [6, 6.07) is 22.8. The number of nitrogens with zero attached hydrogens (tertiary/aromatic N) is 5. The van der Waals surface area contributed by atoms with E-state index in [-0.39, 0.29) is 24.1 Å². The molecule has 0 unspecified atom stereocenters. The third kappa shape index (κ3) is 3.63. The fourth-order valence-corrected chi connectivity index (χ4v) is 5.66. The number of para-hydroxylation sites is 2. The zero-order valence-electron chi connectivity index (χ0n) is 20.2. The lowest BCUT2D eigenvalue weighted by atomic mass is 10.1. The summed E-state index contributed by atoms with van der Waals surface area (Å²) in [6.07, 6.45) is 5.45. The van der Waals surface area contributed by atoms with Crippen LogP contribution in [0.15, 0.2) is 67.0 Å². The lowest BCUT2D eigenvalue weighted by molar-refractivity contribution is -0.198. The van der Waals surface area contributed by atoms with Crippen LogP contribution in [0.25, 0.3) is 0 Å². The van der Waals surface area contributed by atoms with Crippen LogP contribution in [0.1, 0.15) is 31.5 Å². The average molecular weight is 482 g/mol. The molecular weight excluding hydrogens is 454 g/mol. The Balaban J connectivity index is 1.44. The summed E-state index contributed by atoms with van der Waals surface area (Å²) in [5.41, 5.74) is 2.79. The number of anilines is 2. The van der Waals surface area contributed by atoms with Gasteiger partial charge in [-0.1, -0.05) is 36.4 Å². The Kier molecular flexibility index (Phi) is 5.46. The lowest BCUT2D eigenvalue weighted by Crippen LogP contribution is -2.53. The van der Waals surface area contributed by atoms with Crippen molar-refractivity contribution in [2.45, 2.75) is 50.3 Å². The van der Waals surface area contributed by atoms with Crippen LogP contribution in [0.4, 0.5) is 11.4 Å². The monoisotopic (exact) mass is 481 g/mol. The van der Waals surface area contributed by atoms with Crippen molar-refractivity contribution in [2.75, 3.05) is 22.9 Å². The van der Waals surface area contributed by atoms with Crippen LogP contribution in [0.2, 0.25) is 0 Å². The normalized spacial score (nSPS) is 27.1. The van der Waals surface area contributed by atoms with E-state index < -0.39 is 18.1 Å². The smallest absolute Gasteiger partial charge is 0.174 e. The molecule has 3 saturated heterocycles. The van der Waals surface area contributed by atoms with Gasteiger partial charge in [0.05, 0.1) is 6.33 Å². The van der Waals surface area contributed by atoms with E-state index in [9.17, 15) is 5.26 Å². The summed E-state index contributed by atoms with van der Waals surface area (Å²) in [6.45, 7) is 5.48. The largest absolute Gasteiger partial charge is 0.347 e. The predicted octanol–water partition coefficient (Wildman–Crippen LogP) is 3.51. The van der Waals surface area contributed by atoms with Gasteiger partial charge >= 0.3 is 0 Å². The van der Waals surface area contributed by atoms with Gasteiger partial charge in [-0.15, -0.1) is 6.42 Å². The molecule has 4 atom stereocenters. The van der Waals surface area contributed by atoms with E-state index in [1.54, 1.807) is 10.9 Å². The summed E-state index contributed by atoms with van der Waals surface area (Å²) in [7, 11) is 0. The van der Waals surface area contributed by atoms with Crippen LogP contribution >= 0.6 is 0 Å². The number of fused-ring (bicyclic) bond motifs is 1. The molecule has 182 valence electrons. The number of hydrogen-bond acceptors (Lipinski definition) is 7. The molecule has 8 nitrogen and oxygen atoms in total.